The third-order valence-electron chi connectivity index (χ3n) is 6.64. The van der Waals surface area contributed by atoms with E-state index in [-0.39, 0.29) is 18.0 Å². The molecular weight excluding hydrogens is 540 g/mol. The van der Waals surface area contributed by atoms with Crippen LogP contribution in [0.3, 0.4) is 0 Å². The van der Waals surface area contributed by atoms with Crippen molar-refractivity contribution in [3.05, 3.63) is 77.2 Å². The topological polar surface area (TPSA) is 126 Å². The second kappa shape index (κ2) is 11.8. The van der Waals surface area contributed by atoms with Crippen molar-refractivity contribution in [1.82, 2.24) is 20.0 Å². The Morgan fingerprint density at radius 3 is 2.41 bits per heavy atom. The first-order valence-corrected chi connectivity index (χ1v) is 14.7. The molecule has 12 heteroatoms. The van der Waals surface area contributed by atoms with Gasteiger partial charge in [0.25, 0.3) is 0 Å². The molecule has 0 saturated carbocycles. The van der Waals surface area contributed by atoms with Gasteiger partial charge in [-0.2, -0.15) is 0 Å². The molecule has 1 aromatic carbocycles. The number of anilines is 2. The molecule has 3 aromatic rings. The fourth-order valence-corrected chi connectivity index (χ4v) is 5.87. The molecule has 0 aliphatic carbocycles. The third kappa shape index (κ3) is 7.59. The van der Waals surface area contributed by atoms with Gasteiger partial charge in [0.2, 0.25) is 10.0 Å². The number of nitrogens with zero attached hydrogens (tertiary/aromatic N) is 3. The number of carbonyl (C=O) groups is 1. The minimum Gasteiger partial charge on any atom is -0.495 e. The molecule has 1 aliphatic heterocycles. The summed E-state index contributed by atoms with van der Waals surface area (Å²) in [4.78, 5) is 24.3. The summed E-state index contributed by atoms with van der Waals surface area (Å²) in [5, 5.41) is 6.57. The smallest absolute Gasteiger partial charge is 0.319 e. The summed E-state index contributed by atoms with van der Waals surface area (Å²) < 4.78 is 31.5. The van der Waals surface area contributed by atoms with Crippen LogP contribution in [-0.2, 0) is 15.6 Å². The zero-order valence-electron chi connectivity index (χ0n) is 22.3. The van der Waals surface area contributed by atoms with Crippen molar-refractivity contribution in [3.63, 3.8) is 0 Å². The molecule has 0 radical (unpaired) electrons. The minimum atomic E-state index is -3.39. The zero-order chi connectivity index (χ0) is 28.2. The summed E-state index contributed by atoms with van der Waals surface area (Å²) in [6.45, 7) is 4.82. The average molecular weight is 573 g/mol. The predicted molar refractivity (Wildman–Crippen MR) is 153 cm³/mol. The lowest BCUT2D eigenvalue weighted by Crippen LogP contribution is -2.51. The van der Waals surface area contributed by atoms with Crippen molar-refractivity contribution in [2.45, 2.75) is 37.8 Å². The van der Waals surface area contributed by atoms with E-state index >= 15 is 0 Å². The van der Waals surface area contributed by atoms with Gasteiger partial charge < -0.3 is 20.3 Å². The molecule has 3 heterocycles. The van der Waals surface area contributed by atoms with Crippen molar-refractivity contribution in [3.8, 4) is 5.75 Å². The van der Waals surface area contributed by atoms with Crippen LogP contribution in [0.5, 0.6) is 5.75 Å². The second-order valence-corrected chi connectivity index (χ2v) is 12.3. The summed E-state index contributed by atoms with van der Waals surface area (Å²) in [7, 11) is -1.80. The Kier molecular flexibility index (Phi) is 8.63. The molecule has 3 N–H and O–H groups in total. The molecule has 0 bridgehead atoms. The molecule has 2 aromatic heterocycles. The molecule has 2 atom stereocenters. The highest BCUT2D eigenvalue weighted by Crippen LogP contribution is 2.31. The molecule has 208 valence electrons. The molecule has 0 spiro atoms. The van der Waals surface area contributed by atoms with Gasteiger partial charge in [0, 0.05) is 47.7 Å². The number of ether oxygens (including phenoxy) is 1. The molecule has 10 nitrogen and oxygen atoms in total. The highest BCUT2D eigenvalue weighted by atomic mass is 35.5. The minimum absolute atomic E-state index is 0.120. The number of hydrogen-bond acceptors (Lipinski definition) is 7. The number of hydrogen-bond donors (Lipinski definition) is 3. The Balaban J connectivity index is 1.52. The maximum absolute atomic E-state index is 12.9. The Morgan fingerprint density at radius 2 is 1.82 bits per heavy atom. The van der Waals surface area contributed by atoms with Gasteiger partial charge in [0.05, 0.1) is 25.1 Å². The van der Waals surface area contributed by atoms with Crippen molar-refractivity contribution in [1.29, 1.82) is 0 Å². The number of benzene rings is 1. The number of halogens is 1. The van der Waals surface area contributed by atoms with E-state index in [1.165, 1.54) is 0 Å². The normalized spacial score (nSPS) is 17.9. The van der Waals surface area contributed by atoms with Crippen LogP contribution in [0.1, 0.15) is 37.4 Å². The van der Waals surface area contributed by atoms with Gasteiger partial charge in [-0.15, -0.1) is 0 Å². The molecule has 0 unspecified atom stereocenters. The molecule has 1 saturated heterocycles. The van der Waals surface area contributed by atoms with E-state index in [4.69, 9.17) is 16.3 Å². The van der Waals surface area contributed by atoms with Crippen LogP contribution in [0, 0.1) is 0 Å². The fourth-order valence-electron chi connectivity index (χ4n) is 4.70. The SMILES string of the molecule is COc1ccc([C@@H]2CN(c3ccc(C(C)(C)NS(C)(=O)=O)cn3)CC[C@H]2NC(=O)Nc2ccc(Cl)cc2)nc1. The fraction of sp³-hybridized carbons (Fsp3) is 0.370. The van der Waals surface area contributed by atoms with Crippen LogP contribution in [0.15, 0.2) is 60.9 Å². The van der Waals surface area contributed by atoms with Crippen LogP contribution in [-0.4, -0.2) is 56.9 Å². The Labute approximate surface area is 234 Å². The van der Waals surface area contributed by atoms with E-state index in [9.17, 15) is 13.2 Å². The number of sulfonamides is 1. The van der Waals surface area contributed by atoms with Crippen molar-refractivity contribution >= 4 is 39.2 Å². The Morgan fingerprint density at radius 1 is 1.08 bits per heavy atom. The molecule has 2 amide bonds. The third-order valence-corrected chi connectivity index (χ3v) is 7.77. The number of rotatable bonds is 8. The number of amides is 2. The van der Waals surface area contributed by atoms with Gasteiger partial charge >= 0.3 is 6.03 Å². The first-order valence-electron chi connectivity index (χ1n) is 12.5. The van der Waals surface area contributed by atoms with Gasteiger partial charge in [-0.25, -0.2) is 22.9 Å². The highest BCUT2D eigenvalue weighted by molar-refractivity contribution is 7.88. The summed E-state index contributed by atoms with van der Waals surface area (Å²) in [5.74, 6) is 1.29. The molecule has 1 fully saturated rings. The predicted octanol–water partition coefficient (Wildman–Crippen LogP) is 4.11. The average Bonchev–Trinajstić information content (AvgIpc) is 2.89. The molecule has 4 rings (SSSR count). The maximum Gasteiger partial charge on any atom is 0.319 e. The van der Waals surface area contributed by atoms with E-state index in [2.05, 4.69) is 30.2 Å². The number of piperidine rings is 1. The number of methoxy groups -OCH3 is 1. The van der Waals surface area contributed by atoms with E-state index in [0.717, 1.165) is 23.3 Å². The lowest BCUT2D eigenvalue weighted by molar-refractivity contribution is 0.243. The van der Waals surface area contributed by atoms with Gasteiger partial charge in [-0.1, -0.05) is 17.7 Å². The maximum atomic E-state index is 12.9. The first-order chi connectivity index (χ1) is 18.4. The van der Waals surface area contributed by atoms with Crippen LogP contribution >= 0.6 is 11.6 Å². The van der Waals surface area contributed by atoms with Crippen molar-refractivity contribution in [2.75, 3.05) is 36.7 Å². The van der Waals surface area contributed by atoms with Gasteiger partial charge in [0.15, 0.2) is 0 Å². The molecular formula is C27H33ClN6O4S. The molecule has 1 aliphatic rings. The van der Waals surface area contributed by atoms with E-state index in [1.54, 1.807) is 57.6 Å². The Bertz CT molecular complexity index is 1380. The van der Waals surface area contributed by atoms with Gasteiger partial charge in [-0.05, 0) is 68.3 Å². The quantitative estimate of drug-likeness (QED) is 0.371. The lowest BCUT2D eigenvalue weighted by Gasteiger charge is -2.39. The second-order valence-electron chi connectivity index (χ2n) is 10.1. The number of carbonyl (C=O) groups excluding carboxylic acids is 1. The van der Waals surface area contributed by atoms with Gasteiger partial charge in [0.1, 0.15) is 11.6 Å². The summed E-state index contributed by atoms with van der Waals surface area (Å²) >= 11 is 5.95. The monoisotopic (exact) mass is 572 g/mol. The summed E-state index contributed by atoms with van der Waals surface area (Å²) in [6.07, 6.45) is 5.16. The zero-order valence-corrected chi connectivity index (χ0v) is 23.9. The standard InChI is InChI=1S/C27H33ClN6O4S/c1-27(2,33-39(4,36)37)18-5-12-25(30-15-18)34-14-13-24(22(17-34)23-11-10-21(38-3)16-29-23)32-26(35)31-20-8-6-19(28)7-9-20/h5-12,15-16,22,24,33H,13-14,17H2,1-4H3,(H2,31,32,35)/t22-,24+/m0/s1. The van der Waals surface area contributed by atoms with Crippen LogP contribution < -0.4 is 25.0 Å². The van der Waals surface area contributed by atoms with Crippen LogP contribution in [0.4, 0.5) is 16.3 Å². The summed E-state index contributed by atoms with van der Waals surface area (Å²) in [6, 6.07) is 14.0. The first kappa shape index (κ1) is 28.6. The number of nitrogens with one attached hydrogen (secondary N) is 3. The van der Waals surface area contributed by atoms with Crippen LogP contribution in [0.2, 0.25) is 5.02 Å². The lowest BCUT2D eigenvalue weighted by atomic mass is 9.88. The Hall–Kier alpha value is -3.41. The van der Waals surface area contributed by atoms with E-state index in [1.807, 2.05) is 24.3 Å². The molecule has 39 heavy (non-hydrogen) atoms. The van der Waals surface area contributed by atoms with E-state index < -0.39 is 15.6 Å². The number of aromatic nitrogens is 2. The highest BCUT2D eigenvalue weighted by Gasteiger charge is 2.33. The van der Waals surface area contributed by atoms with Crippen molar-refractivity contribution < 1.29 is 17.9 Å². The number of pyridine rings is 2. The summed E-state index contributed by atoms with van der Waals surface area (Å²) in [5.41, 5.74) is 1.42. The largest absolute Gasteiger partial charge is 0.495 e. The van der Waals surface area contributed by atoms with E-state index in [0.29, 0.717) is 36.0 Å². The van der Waals surface area contributed by atoms with Gasteiger partial charge in [-0.3, -0.25) is 4.98 Å². The number of urea groups is 1. The van der Waals surface area contributed by atoms with Crippen LogP contribution in [0.25, 0.3) is 0 Å². The van der Waals surface area contributed by atoms with Crippen molar-refractivity contribution in [2.24, 2.45) is 0 Å².